The van der Waals surface area contributed by atoms with E-state index in [-0.39, 0.29) is 12.6 Å². The number of esters is 1. The fourth-order valence-electron chi connectivity index (χ4n) is 1.20. The van der Waals surface area contributed by atoms with Gasteiger partial charge in [0.1, 0.15) is 6.61 Å². The summed E-state index contributed by atoms with van der Waals surface area (Å²) in [6.45, 7) is 7.95. The van der Waals surface area contributed by atoms with Crippen LogP contribution in [-0.4, -0.2) is 23.8 Å². The largest absolute Gasteiger partial charge is 0.460 e. The summed E-state index contributed by atoms with van der Waals surface area (Å²) >= 11 is 0. The number of hydrogen-bond acceptors (Lipinski definition) is 3. The Kier molecular flexibility index (Phi) is 8.42. The molecular weight excluding hydrogens is 216 g/mol. The second-order valence-corrected chi connectivity index (χ2v) is 4.50. The summed E-state index contributed by atoms with van der Waals surface area (Å²) in [7, 11) is 0. The number of ether oxygens (including phenoxy) is 1. The number of rotatable bonds is 7. The van der Waals surface area contributed by atoms with E-state index in [0.29, 0.717) is 6.42 Å². The summed E-state index contributed by atoms with van der Waals surface area (Å²) in [5, 5.41) is 9.24. The zero-order valence-electron chi connectivity index (χ0n) is 11.3. The molecule has 0 saturated heterocycles. The minimum atomic E-state index is -0.557. The predicted octanol–water partition coefficient (Wildman–Crippen LogP) is 2.99. The van der Waals surface area contributed by atoms with E-state index < -0.39 is 6.10 Å². The molecule has 1 atom stereocenters. The van der Waals surface area contributed by atoms with Gasteiger partial charge in [0.2, 0.25) is 0 Å². The molecule has 1 N–H and O–H groups in total. The van der Waals surface area contributed by atoms with Crippen LogP contribution in [0.5, 0.6) is 0 Å². The Labute approximate surface area is 104 Å². The average Bonchev–Trinajstić information content (AvgIpc) is 2.25. The first-order valence-corrected chi connectivity index (χ1v) is 6.11. The molecule has 0 bridgehead atoms. The number of aliphatic hydroxyl groups is 1. The number of carbonyl (C=O) groups is 1. The first-order valence-electron chi connectivity index (χ1n) is 6.11. The van der Waals surface area contributed by atoms with Crippen molar-refractivity contribution in [1.82, 2.24) is 0 Å². The van der Waals surface area contributed by atoms with E-state index in [9.17, 15) is 9.90 Å². The van der Waals surface area contributed by atoms with Crippen molar-refractivity contribution in [3.8, 4) is 0 Å². The zero-order valence-corrected chi connectivity index (χ0v) is 11.3. The molecule has 0 aliphatic carbocycles. The molecule has 1 unspecified atom stereocenters. The van der Waals surface area contributed by atoms with Gasteiger partial charge in [-0.15, -0.1) is 0 Å². The highest BCUT2D eigenvalue weighted by atomic mass is 16.5. The van der Waals surface area contributed by atoms with Gasteiger partial charge in [-0.2, -0.15) is 0 Å². The number of aliphatic hydroxyl groups excluding tert-OH is 1. The molecule has 0 saturated carbocycles. The Morgan fingerprint density at radius 3 is 2.53 bits per heavy atom. The van der Waals surface area contributed by atoms with Crippen LogP contribution in [0, 0.1) is 0 Å². The molecule has 0 fully saturated rings. The SMILES string of the molecule is CCC(O)COC(=O)/C=C(\C)CCC=C(C)C. The van der Waals surface area contributed by atoms with Crippen molar-refractivity contribution in [2.75, 3.05) is 6.61 Å². The topological polar surface area (TPSA) is 46.5 Å². The molecule has 0 aromatic heterocycles. The molecule has 0 radical (unpaired) electrons. The minimum absolute atomic E-state index is 0.0765. The van der Waals surface area contributed by atoms with Gasteiger partial charge in [-0.1, -0.05) is 24.1 Å². The maximum Gasteiger partial charge on any atom is 0.330 e. The van der Waals surface area contributed by atoms with E-state index in [1.807, 2.05) is 13.8 Å². The van der Waals surface area contributed by atoms with Crippen LogP contribution in [0.4, 0.5) is 0 Å². The summed E-state index contributed by atoms with van der Waals surface area (Å²) in [4.78, 5) is 11.3. The molecule has 0 heterocycles. The molecule has 98 valence electrons. The maximum absolute atomic E-state index is 11.3. The van der Waals surface area contributed by atoms with Crippen molar-refractivity contribution in [3.05, 3.63) is 23.3 Å². The van der Waals surface area contributed by atoms with Crippen molar-refractivity contribution < 1.29 is 14.6 Å². The van der Waals surface area contributed by atoms with Gasteiger partial charge in [-0.25, -0.2) is 4.79 Å². The third-order valence-electron chi connectivity index (χ3n) is 2.34. The highest BCUT2D eigenvalue weighted by Crippen LogP contribution is 2.07. The highest BCUT2D eigenvalue weighted by molar-refractivity contribution is 5.82. The summed E-state index contributed by atoms with van der Waals surface area (Å²) in [6, 6.07) is 0. The van der Waals surface area contributed by atoms with Gasteiger partial charge in [0, 0.05) is 6.08 Å². The summed E-state index contributed by atoms with van der Waals surface area (Å²) in [6.07, 6.45) is 5.48. The fourth-order valence-corrected chi connectivity index (χ4v) is 1.20. The Hall–Kier alpha value is -1.09. The third-order valence-corrected chi connectivity index (χ3v) is 2.34. The number of allylic oxidation sites excluding steroid dienone is 3. The fraction of sp³-hybridized carbons (Fsp3) is 0.643. The average molecular weight is 240 g/mol. The lowest BCUT2D eigenvalue weighted by atomic mass is 10.1. The molecule has 0 spiro atoms. The molecule has 0 aliphatic rings. The summed E-state index contributed by atoms with van der Waals surface area (Å²) < 4.78 is 4.91. The third kappa shape index (κ3) is 9.82. The molecule has 17 heavy (non-hydrogen) atoms. The molecule has 3 nitrogen and oxygen atoms in total. The Balaban J connectivity index is 3.94. The van der Waals surface area contributed by atoms with Crippen LogP contribution in [0.25, 0.3) is 0 Å². The normalized spacial score (nSPS) is 13.1. The van der Waals surface area contributed by atoms with Crippen LogP contribution in [0.2, 0.25) is 0 Å². The Morgan fingerprint density at radius 1 is 1.35 bits per heavy atom. The first-order chi connectivity index (χ1) is 7.95. The molecule has 0 amide bonds. The lowest BCUT2D eigenvalue weighted by Crippen LogP contribution is -2.16. The van der Waals surface area contributed by atoms with Crippen molar-refractivity contribution in [2.24, 2.45) is 0 Å². The molecular formula is C14H24O3. The maximum atomic E-state index is 11.3. The van der Waals surface area contributed by atoms with E-state index in [2.05, 4.69) is 19.9 Å². The van der Waals surface area contributed by atoms with Crippen LogP contribution >= 0.6 is 0 Å². The molecule has 0 rings (SSSR count). The first kappa shape index (κ1) is 15.9. The van der Waals surface area contributed by atoms with Crippen molar-refractivity contribution in [1.29, 1.82) is 0 Å². The minimum Gasteiger partial charge on any atom is -0.460 e. The van der Waals surface area contributed by atoms with Gasteiger partial charge in [-0.3, -0.25) is 0 Å². The van der Waals surface area contributed by atoms with Crippen molar-refractivity contribution in [2.45, 2.75) is 53.1 Å². The Morgan fingerprint density at radius 2 is 2.00 bits per heavy atom. The Bertz CT molecular complexity index is 286. The smallest absolute Gasteiger partial charge is 0.330 e. The van der Waals surface area contributed by atoms with E-state index in [1.165, 1.54) is 11.6 Å². The standard InChI is InChI=1S/C14H24O3/c1-5-13(15)10-17-14(16)9-12(4)8-6-7-11(2)3/h7,9,13,15H,5-6,8,10H2,1-4H3/b12-9+. The van der Waals surface area contributed by atoms with E-state index in [4.69, 9.17) is 4.74 Å². The van der Waals surface area contributed by atoms with Crippen LogP contribution in [-0.2, 0) is 9.53 Å². The second-order valence-electron chi connectivity index (χ2n) is 4.50. The van der Waals surface area contributed by atoms with Gasteiger partial charge >= 0.3 is 5.97 Å². The molecule has 3 heteroatoms. The van der Waals surface area contributed by atoms with Crippen molar-refractivity contribution in [3.63, 3.8) is 0 Å². The van der Waals surface area contributed by atoms with Crippen LogP contribution in [0.3, 0.4) is 0 Å². The van der Waals surface area contributed by atoms with Crippen LogP contribution in [0.1, 0.15) is 47.0 Å². The van der Waals surface area contributed by atoms with E-state index in [0.717, 1.165) is 18.4 Å². The summed E-state index contributed by atoms with van der Waals surface area (Å²) in [5.74, 6) is -0.368. The summed E-state index contributed by atoms with van der Waals surface area (Å²) in [5.41, 5.74) is 2.28. The second kappa shape index (κ2) is 8.99. The lowest BCUT2D eigenvalue weighted by molar-refractivity contribution is -0.140. The number of hydrogen-bond donors (Lipinski definition) is 1. The monoisotopic (exact) mass is 240 g/mol. The zero-order chi connectivity index (χ0) is 13.3. The van der Waals surface area contributed by atoms with Gasteiger partial charge in [0.05, 0.1) is 6.10 Å². The lowest BCUT2D eigenvalue weighted by Gasteiger charge is -2.07. The van der Waals surface area contributed by atoms with E-state index in [1.54, 1.807) is 0 Å². The van der Waals surface area contributed by atoms with Gasteiger partial charge in [-0.05, 0) is 40.0 Å². The van der Waals surface area contributed by atoms with Gasteiger partial charge in [0.25, 0.3) is 0 Å². The highest BCUT2D eigenvalue weighted by Gasteiger charge is 2.04. The van der Waals surface area contributed by atoms with Crippen molar-refractivity contribution >= 4 is 5.97 Å². The predicted molar refractivity (Wildman–Crippen MR) is 69.7 cm³/mol. The molecule has 0 aliphatic heterocycles. The molecule has 0 aromatic carbocycles. The van der Waals surface area contributed by atoms with E-state index >= 15 is 0 Å². The quantitative estimate of drug-likeness (QED) is 0.423. The molecule has 0 aromatic rings. The van der Waals surface area contributed by atoms with Crippen LogP contribution < -0.4 is 0 Å². The number of carbonyl (C=O) groups excluding carboxylic acids is 1. The van der Waals surface area contributed by atoms with Crippen LogP contribution in [0.15, 0.2) is 23.3 Å². The van der Waals surface area contributed by atoms with Gasteiger partial charge in [0.15, 0.2) is 0 Å². The van der Waals surface area contributed by atoms with Gasteiger partial charge < -0.3 is 9.84 Å².